The van der Waals surface area contributed by atoms with Crippen molar-refractivity contribution in [3.63, 3.8) is 0 Å². The molecule has 162 valence electrons. The van der Waals surface area contributed by atoms with Crippen molar-refractivity contribution in [1.29, 1.82) is 0 Å². The molecule has 3 atom stereocenters. The summed E-state index contributed by atoms with van der Waals surface area (Å²) in [5.41, 5.74) is 0. The van der Waals surface area contributed by atoms with Gasteiger partial charge < -0.3 is 0 Å². The largest absolute Gasteiger partial charge is 0.223 e. The molecular weight excluding hydrogens is 364 g/mol. The molecule has 1 rings (SSSR count). The minimum atomic E-state index is -3.22. The molecule has 0 bridgehead atoms. The van der Waals surface area contributed by atoms with Gasteiger partial charge in [0.05, 0.1) is 10.1 Å². The quantitative estimate of drug-likeness (QED) is 0.261. The molecule has 0 aromatic heterocycles. The highest BCUT2D eigenvalue weighted by molar-refractivity contribution is 7.92. The predicted octanol–water partition coefficient (Wildman–Crippen LogP) is 7.82. The molecule has 1 aromatic rings. The van der Waals surface area contributed by atoms with E-state index in [1.54, 1.807) is 12.1 Å². The zero-order valence-corrected chi connectivity index (χ0v) is 19.6. The van der Waals surface area contributed by atoms with Crippen LogP contribution in [0.1, 0.15) is 105 Å². The molecule has 0 spiro atoms. The predicted molar refractivity (Wildman–Crippen MR) is 122 cm³/mol. The highest BCUT2D eigenvalue weighted by atomic mass is 32.2. The number of rotatable bonds is 16. The summed E-state index contributed by atoms with van der Waals surface area (Å²) < 4.78 is 26.2. The summed E-state index contributed by atoms with van der Waals surface area (Å²) >= 11 is 0. The third-order valence-electron chi connectivity index (χ3n) is 6.15. The highest BCUT2D eigenvalue weighted by Crippen LogP contribution is 2.27. The van der Waals surface area contributed by atoms with Gasteiger partial charge in [0.25, 0.3) is 0 Å². The summed E-state index contributed by atoms with van der Waals surface area (Å²) in [4.78, 5) is 0.490. The molecule has 0 unspecified atom stereocenters. The van der Waals surface area contributed by atoms with Crippen LogP contribution in [0.3, 0.4) is 0 Å². The van der Waals surface area contributed by atoms with Crippen molar-refractivity contribution in [3.8, 4) is 0 Å². The Kier molecular flexibility index (Phi) is 12.8. The summed E-state index contributed by atoms with van der Waals surface area (Å²) in [6, 6.07) is 9.03. The summed E-state index contributed by atoms with van der Waals surface area (Å²) in [7, 11) is -3.22. The molecule has 0 N–H and O–H groups in total. The maximum absolute atomic E-state index is 13.1. The van der Waals surface area contributed by atoms with Gasteiger partial charge >= 0.3 is 0 Å². The molecule has 0 saturated carbocycles. The third-order valence-corrected chi connectivity index (χ3v) is 8.38. The monoisotopic (exact) mass is 408 g/mol. The van der Waals surface area contributed by atoms with E-state index < -0.39 is 9.84 Å². The number of hydrogen-bond acceptors (Lipinski definition) is 2. The smallest absolute Gasteiger partial charge is 0.181 e. The van der Waals surface area contributed by atoms with E-state index in [2.05, 4.69) is 27.7 Å². The Morgan fingerprint density at radius 2 is 1.32 bits per heavy atom. The molecule has 1 aromatic carbocycles. The zero-order valence-electron chi connectivity index (χ0n) is 18.8. The van der Waals surface area contributed by atoms with E-state index in [1.165, 1.54) is 44.9 Å². The van der Waals surface area contributed by atoms with Crippen LogP contribution in [0, 0.1) is 11.8 Å². The van der Waals surface area contributed by atoms with Gasteiger partial charge in [0, 0.05) is 0 Å². The first-order valence-corrected chi connectivity index (χ1v) is 13.2. The molecule has 3 heteroatoms. The Balaban J connectivity index is 2.43. The Bertz CT molecular complexity index is 594. The number of benzene rings is 1. The van der Waals surface area contributed by atoms with E-state index in [1.807, 2.05) is 18.2 Å². The molecule has 0 heterocycles. The topological polar surface area (TPSA) is 34.1 Å². The summed E-state index contributed by atoms with van der Waals surface area (Å²) in [6.45, 7) is 8.97. The van der Waals surface area contributed by atoms with Crippen LogP contribution in [0.4, 0.5) is 0 Å². The summed E-state index contributed by atoms with van der Waals surface area (Å²) in [6.07, 6.45) is 14.0. The lowest BCUT2D eigenvalue weighted by atomic mass is 9.96. The SMILES string of the molecule is CCCC[C@H](C)CCCCCCC[C@H](C[C@H](C)CC)S(=O)(=O)c1ccccc1. The van der Waals surface area contributed by atoms with Gasteiger partial charge in [0.15, 0.2) is 9.84 Å². The third kappa shape index (κ3) is 9.58. The molecular formula is C25H44O2S. The average molecular weight is 409 g/mol. The number of hydrogen-bond donors (Lipinski definition) is 0. The van der Waals surface area contributed by atoms with E-state index in [0.717, 1.165) is 38.0 Å². The van der Waals surface area contributed by atoms with E-state index in [-0.39, 0.29) is 5.25 Å². The van der Waals surface area contributed by atoms with Gasteiger partial charge in [0.1, 0.15) is 0 Å². The van der Waals surface area contributed by atoms with Crippen LogP contribution >= 0.6 is 0 Å². The average Bonchev–Trinajstić information content (AvgIpc) is 2.70. The van der Waals surface area contributed by atoms with Gasteiger partial charge in [-0.15, -0.1) is 0 Å². The lowest BCUT2D eigenvalue weighted by Crippen LogP contribution is -2.24. The van der Waals surface area contributed by atoms with Gasteiger partial charge in [0.2, 0.25) is 0 Å². The number of sulfone groups is 1. The van der Waals surface area contributed by atoms with Gasteiger partial charge in [-0.2, -0.15) is 0 Å². The first-order chi connectivity index (χ1) is 13.4. The van der Waals surface area contributed by atoms with Crippen LogP contribution in [0.5, 0.6) is 0 Å². The van der Waals surface area contributed by atoms with Crippen LogP contribution in [0.15, 0.2) is 35.2 Å². The fourth-order valence-corrected chi connectivity index (χ4v) is 5.89. The fraction of sp³-hybridized carbons (Fsp3) is 0.760. The van der Waals surface area contributed by atoms with Crippen LogP contribution < -0.4 is 0 Å². The van der Waals surface area contributed by atoms with E-state index in [0.29, 0.717) is 10.8 Å². The second-order valence-corrected chi connectivity index (χ2v) is 11.0. The van der Waals surface area contributed by atoms with Crippen molar-refractivity contribution in [3.05, 3.63) is 30.3 Å². The molecule has 0 aliphatic rings. The van der Waals surface area contributed by atoms with Gasteiger partial charge in [-0.25, -0.2) is 8.42 Å². The van der Waals surface area contributed by atoms with E-state index in [4.69, 9.17) is 0 Å². The van der Waals surface area contributed by atoms with E-state index in [9.17, 15) is 8.42 Å². The van der Waals surface area contributed by atoms with Gasteiger partial charge in [-0.05, 0) is 36.8 Å². The van der Waals surface area contributed by atoms with Gasteiger partial charge in [-0.1, -0.05) is 110 Å². The molecule has 0 aliphatic heterocycles. The summed E-state index contributed by atoms with van der Waals surface area (Å²) in [5.74, 6) is 1.31. The molecule has 0 amide bonds. The maximum atomic E-state index is 13.1. The second-order valence-electron chi connectivity index (χ2n) is 8.82. The van der Waals surface area contributed by atoms with Crippen molar-refractivity contribution in [2.45, 2.75) is 115 Å². The molecule has 0 radical (unpaired) electrons. The van der Waals surface area contributed by atoms with Crippen molar-refractivity contribution in [1.82, 2.24) is 0 Å². The van der Waals surface area contributed by atoms with Crippen LogP contribution in [0.2, 0.25) is 0 Å². The van der Waals surface area contributed by atoms with Crippen LogP contribution in [-0.4, -0.2) is 13.7 Å². The first kappa shape index (κ1) is 25.2. The van der Waals surface area contributed by atoms with E-state index >= 15 is 0 Å². The Hall–Kier alpha value is -0.830. The van der Waals surface area contributed by atoms with Crippen molar-refractivity contribution < 1.29 is 8.42 Å². The maximum Gasteiger partial charge on any atom is 0.181 e. The molecule has 2 nitrogen and oxygen atoms in total. The van der Waals surface area contributed by atoms with Crippen molar-refractivity contribution in [2.24, 2.45) is 11.8 Å². The van der Waals surface area contributed by atoms with Crippen molar-refractivity contribution >= 4 is 9.84 Å². The number of unbranched alkanes of at least 4 members (excludes halogenated alkanes) is 5. The standard InChI is InChI=1S/C25H44O2S/c1-5-7-16-23(4)17-12-9-8-10-13-20-25(21-22(3)6-2)28(26,27)24-18-14-11-15-19-24/h11,14-15,18-19,22-23,25H,5-10,12-13,16-17,20-21H2,1-4H3/t22-,23+,25-/m1/s1. The Morgan fingerprint density at radius 1 is 0.750 bits per heavy atom. The summed E-state index contributed by atoms with van der Waals surface area (Å²) in [5, 5.41) is -0.237. The normalized spacial score (nSPS) is 15.3. The Morgan fingerprint density at radius 3 is 1.93 bits per heavy atom. The first-order valence-electron chi connectivity index (χ1n) is 11.7. The molecule has 0 saturated heterocycles. The van der Waals surface area contributed by atoms with Crippen LogP contribution in [-0.2, 0) is 9.84 Å². The lowest BCUT2D eigenvalue weighted by molar-refractivity contribution is 0.435. The molecule has 0 aliphatic carbocycles. The Labute approximate surface area is 175 Å². The highest BCUT2D eigenvalue weighted by Gasteiger charge is 2.28. The van der Waals surface area contributed by atoms with Crippen LogP contribution in [0.25, 0.3) is 0 Å². The van der Waals surface area contributed by atoms with Crippen molar-refractivity contribution in [2.75, 3.05) is 0 Å². The molecule has 28 heavy (non-hydrogen) atoms. The molecule has 0 fully saturated rings. The zero-order chi connectivity index (χ0) is 20.8. The second kappa shape index (κ2) is 14.2. The fourth-order valence-electron chi connectivity index (χ4n) is 3.91. The van der Waals surface area contributed by atoms with Gasteiger partial charge in [-0.3, -0.25) is 0 Å². The minimum absolute atomic E-state index is 0.237. The lowest BCUT2D eigenvalue weighted by Gasteiger charge is -2.21. The minimum Gasteiger partial charge on any atom is -0.223 e.